The molecule has 2 aromatic rings. The lowest BCUT2D eigenvalue weighted by Gasteiger charge is -2.09. The summed E-state index contributed by atoms with van der Waals surface area (Å²) in [6.45, 7) is 3.75. The topological polar surface area (TPSA) is 64.6 Å². The molecule has 0 unspecified atom stereocenters. The number of esters is 1. The van der Waals surface area contributed by atoms with Crippen LogP contribution in [0, 0.1) is 5.82 Å². The van der Waals surface area contributed by atoms with Crippen molar-refractivity contribution in [1.29, 1.82) is 0 Å². The third-order valence-electron chi connectivity index (χ3n) is 3.67. The van der Waals surface area contributed by atoms with Gasteiger partial charge in [-0.05, 0) is 41.3 Å². The number of carbonyl (C=O) groups is 2. The van der Waals surface area contributed by atoms with Gasteiger partial charge in [-0.3, -0.25) is 4.79 Å². The summed E-state index contributed by atoms with van der Waals surface area (Å²) in [7, 11) is 0. The second-order valence-corrected chi connectivity index (χ2v) is 6.08. The molecule has 0 aromatic heterocycles. The van der Waals surface area contributed by atoms with E-state index in [4.69, 9.17) is 9.47 Å². The number of hydrogen-bond donors (Lipinski definition) is 1. The second kappa shape index (κ2) is 9.56. The molecule has 0 radical (unpaired) electrons. The van der Waals surface area contributed by atoms with Crippen molar-refractivity contribution in [3.63, 3.8) is 0 Å². The van der Waals surface area contributed by atoms with E-state index in [-0.39, 0.29) is 19.0 Å². The smallest absolute Gasteiger partial charge is 0.344 e. The summed E-state index contributed by atoms with van der Waals surface area (Å²) in [6, 6.07) is 13.2. The molecule has 1 N–H and O–H groups in total. The van der Waals surface area contributed by atoms with Gasteiger partial charge in [-0.25, -0.2) is 9.18 Å². The van der Waals surface area contributed by atoms with Gasteiger partial charge in [-0.1, -0.05) is 38.1 Å². The van der Waals surface area contributed by atoms with Crippen molar-refractivity contribution in [2.75, 3.05) is 13.2 Å². The molecule has 0 saturated heterocycles. The molecule has 6 heteroatoms. The van der Waals surface area contributed by atoms with Gasteiger partial charge >= 0.3 is 5.97 Å². The fourth-order valence-electron chi connectivity index (χ4n) is 2.13. The van der Waals surface area contributed by atoms with Crippen LogP contribution in [-0.2, 0) is 20.9 Å². The van der Waals surface area contributed by atoms with E-state index in [2.05, 4.69) is 19.2 Å². The van der Waals surface area contributed by atoms with Crippen LogP contribution in [0.1, 0.15) is 30.9 Å². The third kappa shape index (κ3) is 6.55. The van der Waals surface area contributed by atoms with Gasteiger partial charge in [0.1, 0.15) is 11.6 Å². The van der Waals surface area contributed by atoms with E-state index in [1.54, 1.807) is 24.3 Å². The van der Waals surface area contributed by atoms with Crippen molar-refractivity contribution in [2.24, 2.45) is 0 Å². The summed E-state index contributed by atoms with van der Waals surface area (Å²) < 4.78 is 23.0. The Morgan fingerprint density at radius 2 is 1.65 bits per heavy atom. The Kier molecular flexibility index (Phi) is 7.14. The van der Waals surface area contributed by atoms with Crippen LogP contribution < -0.4 is 10.1 Å². The van der Waals surface area contributed by atoms with Gasteiger partial charge in [0.25, 0.3) is 5.91 Å². The van der Waals surface area contributed by atoms with Crippen molar-refractivity contribution in [3.05, 3.63) is 65.5 Å². The third-order valence-corrected chi connectivity index (χ3v) is 3.67. The molecule has 0 saturated carbocycles. The first-order valence-electron chi connectivity index (χ1n) is 8.33. The predicted molar refractivity (Wildman–Crippen MR) is 95.2 cm³/mol. The molecule has 5 nitrogen and oxygen atoms in total. The second-order valence-electron chi connectivity index (χ2n) is 6.08. The summed E-state index contributed by atoms with van der Waals surface area (Å²) in [4.78, 5) is 23.3. The van der Waals surface area contributed by atoms with Gasteiger partial charge in [-0.2, -0.15) is 0 Å². The van der Waals surface area contributed by atoms with Crippen LogP contribution >= 0.6 is 0 Å². The van der Waals surface area contributed by atoms with Gasteiger partial charge in [0, 0.05) is 6.54 Å². The number of benzene rings is 2. The lowest BCUT2D eigenvalue weighted by Crippen LogP contribution is -2.29. The van der Waals surface area contributed by atoms with E-state index < -0.39 is 18.5 Å². The van der Waals surface area contributed by atoms with Crippen LogP contribution in [0.5, 0.6) is 5.75 Å². The Morgan fingerprint density at radius 1 is 1.00 bits per heavy atom. The van der Waals surface area contributed by atoms with Gasteiger partial charge in [-0.15, -0.1) is 0 Å². The zero-order chi connectivity index (χ0) is 18.9. The van der Waals surface area contributed by atoms with Gasteiger partial charge in [0.2, 0.25) is 0 Å². The number of amides is 1. The van der Waals surface area contributed by atoms with E-state index in [0.717, 1.165) is 5.56 Å². The Hall–Kier alpha value is -2.89. The van der Waals surface area contributed by atoms with Crippen LogP contribution in [0.4, 0.5) is 4.39 Å². The molecule has 0 spiro atoms. The molecule has 0 aliphatic rings. The standard InChI is InChI=1S/C20H22FNO4/c1-14(2)16-5-9-18(10-6-16)25-13-20(24)26-12-19(23)22-11-15-3-7-17(21)8-4-15/h3-10,14H,11-13H2,1-2H3,(H,22,23). The molecule has 138 valence electrons. The van der Waals surface area contributed by atoms with Gasteiger partial charge < -0.3 is 14.8 Å². The summed E-state index contributed by atoms with van der Waals surface area (Å²) in [5.74, 6) is -0.429. The highest BCUT2D eigenvalue weighted by atomic mass is 19.1. The predicted octanol–water partition coefficient (Wildman–Crippen LogP) is 3.19. The zero-order valence-electron chi connectivity index (χ0n) is 14.8. The van der Waals surface area contributed by atoms with Crippen LogP contribution in [0.25, 0.3) is 0 Å². The number of hydrogen-bond acceptors (Lipinski definition) is 4. The SMILES string of the molecule is CC(C)c1ccc(OCC(=O)OCC(=O)NCc2ccc(F)cc2)cc1. The number of nitrogens with one attached hydrogen (secondary N) is 1. The van der Waals surface area contributed by atoms with Crippen molar-refractivity contribution in [1.82, 2.24) is 5.32 Å². The largest absolute Gasteiger partial charge is 0.482 e. The highest BCUT2D eigenvalue weighted by Gasteiger charge is 2.09. The minimum absolute atomic E-state index is 0.232. The van der Waals surface area contributed by atoms with Crippen LogP contribution in [0.15, 0.2) is 48.5 Å². The lowest BCUT2D eigenvalue weighted by molar-refractivity contribution is -0.150. The molecule has 0 atom stereocenters. The maximum absolute atomic E-state index is 12.8. The van der Waals surface area contributed by atoms with Crippen LogP contribution in [0.3, 0.4) is 0 Å². The van der Waals surface area contributed by atoms with E-state index >= 15 is 0 Å². The lowest BCUT2D eigenvalue weighted by atomic mass is 10.0. The molecule has 0 heterocycles. The maximum Gasteiger partial charge on any atom is 0.344 e. The molecule has 0 fully saturated rings. The van der Waals surface area contributed by atoms with Crippen molar-refractivity contribution in [2.45, 2.75) is 26.3 Å². The monoisotopic (exact) mass is 359 g/mol. The average molecular weight is 359 g/mol. The number of halogens is 1. The van der Waals surface area contributed by atoms with Crippen LogP contribution in [-0.4, -0.2) is 25.1 Å². The molecular formula is C20H22FNO4. The highest BCUT2D eigenvalue weighted by molar-refractivity contribution is 5.80. The van der Waals surface area contributed by atoms with Crippen molar-refractivity contribution < 1.29 is 23.5 Å². The average Bonchev–Trinajstić information content (AvgIpc) is 2.64. The zero-order valence-corrected chi connectivity index (χ0v) is 14.8. The van der Waals surface area contributed by atoms with Gasteiger partial charge in [0.05, 0.1) is 0 Å². The Balaban J connectivity index is 1.66. The molecule has 0 bridgehead atoms. The fraction of sp³-hybridized carbons (Fsp3) is 0.300. The van der Waals surface area contributed by atoms with Crippen molar-refractivity contribution >= 4 is 11.9 Å². The Labute approximate surface area is 152 Å². The first-order valence-corrected chi connectivity index (χ1v) is 8.33. The van der Waals surface area contributed by atoms with Crippen molar-refractivity contribution in [3.8, 4) is 5.75 Å². The molecule has 26 heavy (non-hydrogen) atoms. The van der Waals surface area contributed by atoms with E-state index in [9.17, 15) is 14.0 Å². The number of ether oxygens (including phenoxy) is 2. The summed E-state index contributed by atoms with van der Waals surface area (Å²) >= 11 is 0. The van der Waals surface area contributed by atoms with Gasteiger partial charge in [0.15, 0.2) is 13.2 Å². The first kappa shape index (κ1) is 19.4. The quantitative estimate of drug-likeness (QED) is 0.735. The molecule has 0 aliphatic heterocycles. The first-order chi connectivity index (χ1) is 12.4. The normalized spacial score (nSPS) is 10.5. The highest BCUT2D eigenvalue weighted by Crippen LogP contribution is 2.18. The van der Waals surface area contributed by atoms with Crippen LogP contribution in [0.2, 0.25) is 0 Å². The van der Waals surface area contributed by atoms with E-state index in [1.807, 2.05) is 12.1 Å². The fourth-order valence-corrected chi connectivity index (χ4v) is 2.13. The summed E-state index contributed by atoms with van der Waals surface area (Å²) in [5.41, 5.74) is 1.93. The minimum Gasteiger partial charge on any atom is -0.482 e. The summed E-state index contributed by atoms with van der Waals surface area (Å²) in [6.07, 6.45) is 0. The Morgan fingerprint density at radius 3 is 2.27 bits per heavy atom. The maximum atomic E-state index is 12.8. The molecule has 1 amide bonds. The van der Waals surface area contributed by atoms with E-state index in [1.165, 1.54) is 17.7 Å². The number of rotatable bonds is 8. The molecule has 0 aliphatic carbocycles. The summed E-state index contributed by atoms with van der Waals surface area (Å²) in [5, 5.41) is 2.58. The molecule has 2 aromatic carbocycles. The molecule has 2 rings (SSSR count). The minimum atomic E-state index is -0.630. The Bertz CT molecular complexity index is 726. The van der Waals surface area contributed by atoms with E-state index in [0.29, 0.717) is 11.7 Å². The number of carbonyl (C=O) groups excluding carboxylic acids is 2. The molecular weight excluding hydrogens is 337 g/mol.